The lowest BCUT2D eigenvalue weighted by molar-refractivity contribution is -0.119. The van der Waals surface area contributed by atoms with E-state index in [0.29, 0.717) is 13.1 Å². The maximum atomic E-state index is 10.5. The Balaban J connectivity index is 2.18. The van der Waals surface area contributed by atoms with Crippen molar-refractivity contribution in [3.8, 4) is 0 Å². The van der Waals surface area contributed by atoms with E-state index in [9.17, 15) is 9.59 Å². The normalized spacial score (nSPS) is 22.3. The zero-order valence-corrected chi connectivity index (χ0v) is 6.22. The first kappa shape index (κ1) is 7.84. The Morgan fingerprint density at radius 2 is 2.64 bits per heavy atom. The molecule has 0 aromatic carbocycles. The number of amides is 2. The number of alkyl carbamates (subject to hydrolysis) is 1. The van der Waals surface area contributed by atoms with Gasteiger partial charge in [0, 0.05) is 6.92 Å². The topological polar surface area (TPSA) is 67.4 Å². The quantitative estimate of drug-likeness (QED) is 0.554. The van der Waals surface area contributed by atoms with Crippen molar-refractivity contribution < 1.29 is 14.3 Å². The Labute approximate surface area is 64.1 Å². The van der Waals surface area contributed by atoms with Crippen LogP contribution in [0.25, 0.3) is 0 Å². The number of carbonyl (C=O) groups is 2. The molecule has 1 fully saturated rings. The lowest BCUT2D eigenvalue weighted by Gasteiger charge is -2.06. The molecule has 2 amide bonds. The lowest BCUT2D eigenvalue weighted by atomic mass is 10.3. The van der Waals surface area contributed by atoms with Gasteiger partial charge in [0.15, 0.2) is 0 Å². The molecular formula is C6H10N2O3. The number of carbonyl (C=O) groups excluding carboxylic acids is 2. The van der Waals surface area contributed by atoms with Gasteiger partial charge in [0.2, 0.25) is 5.91 Å². The van der Waals surface area contributed by atoms with Crippen LogP contribution in [0.1, 0.15) is 6.92 Å². The molecule has 2 N–H and O–H groups in total. The molecule has 1 heterocycles. The zero-order valence-electron chi connectivity index (χ0n) is 6.22. The second-order valence-corrected chi connectivity index (χ2v) is 2.35. The van der Waals surface area contributed by atoms with E-state index in [1.807, 2.05) is 0 Å². The summed E-state index contributed by atoms with van der Waals surface area (Å²) in [6.07, 6.45) is -0.633. The molecule has 11 heavy (non-hydrogen) atoms. The summed E-state index contributed by atoms with van der Waals surface area (Å²) >= 11 is 0. The summed E-state index contributed by atoms with van der Waals surface area (Å²) in [6.45, 7) is 2.28. The Kier molecular flexibility index (Phi) is 2.30. The average molecular weight is 158 g/mol. The van der Waals surface area contributed by atoms with Crippen molar-refractivity contribution in [3.63, 3.8) is 0 Å². The van der Waals surface area contributed by atoms with Gasteiger partial charge < -0.3 is 15.4 Å². The Bertz CT molecular complexity index is 181. The van der Waals surface area contributed by atoms with Gasteiger partial charge in [-0.15, -0.1) is 0 Å². The molecule has 1 atom stereocenters. The van der Waals surface area contributed by atoms with Crippen LogP contribution in [0.15, 0.2) is 0 Å². The van der Waals surface area contributed by atoms with Gasteiger partial charge >= 0.3 is 6.09 Å². The number of hydrogen-bond donors (Lipinski definition) is 2. The van der Waals surface area contributed by atoms with Gasteiger partial charge in [-0.1, -0.05) is 0 Å². The minimum Gasteiger partial charge on any atom is -0.442 e. The van der Waals surface area contributed by atoms with Crippen molar-refractivity contribution in [3.05, 3.63) is 0 Å². The smallest absolute Gasteiger partial charge is 0.407 e. The maximum Gasteiger partial charge on any atom is 0.407 e. The van der Waals surface area contributed by atoms with Crippen molar-refractivity contribution in [1.82, 2.24) is 10.6 Å². The highest BCUT2D eigenvalue weighted by molar-refractivity contribution is 5.73. The first-order valence-electron chi connectivity index (χ1n) is 3.37. The van der Waals surface area contributed by atoms with Gasteiger partial charge in [0.05, 0.1) is 13.1 Å². The fraction of sp³-hybridized carbons (Fsp3) is 0.667. The van der Waals surface area contributed by atoms with Crippen LogP contribution >= 0.6 is 0 Å². The third-order valence-corrected chi connectivity index (χ3v) is 1.33. The molecule has 0 aromatic rings. The third-order valence-electron chi connectivity index (χ3n) is 1.33. The van der Waals surface area contributed by atoms with Crippen LogP contribution in [0.4, 0.5) is 4.79 Å². The molecule has 1 aliphatic rings. The minimum absolute atomic E-state index is 0.118. The molecule has 1 saturated heterocycles. The standard InChI is InChI=1S/C6H10N2O3/c1-4(9)7-2-5-3-8-6(10)11-5/h5H,2-3H2,1H3,(H,7,9)(H,8,10). The first-order chi connectivity index (χ1) is 5.18. The second-order valence-electron chi connectivity index (χ2n) is 2.35. The molecule has 0 spiro atoms. The summed E-state index contributed by atoms with van der Waals surface area (Å²) in [4.78, 5) is 20.9. The van der Waals surface area contributed by atoms with Crippen LogP contribution in [-0.2, 0) is 9.53 Å². The van der Waals surface area contributed by atoms with E-state index in [4.69, 9.17) is 4.74 Å². The van der Waals surface area contributed by atoms with E-state index in [1.54, 1.807) is 0 Å². The third kappa shape index (κ3) is 2.45. The van der Waals surface area contributed by atoms with Crippen molar-refractivity contribution in [2.75, 3.05) is 13.1 Å². The number of ether oxygens (including phenoxy) is 1. The predicted octanol–water partition coefficient (Wildman–Crippen LogP) is -0.769. The Morgan fingerprint density at radius 3 is 3.09 bits per heavy atom. The fourth-order valence-corrected chi connectivity index (χ4v) is 0.803. The van der Waals surface area contributed by atoms with E-state index < -0.39 is 6.09 Å². The highest BCUT2D eigenvalue weighted by Gasteiger charge is 2.21. The molecular weight excluding hydrogens is 148 g/mol. The molecule has 5 heteroatoms. The minimum atomic E-state index is -0.416. The SMILES string of the molecule is CC(=O)NCC1CNC(=O)O1. The van der Waals surface area contributed by atoms with Gasteiger partial charge in [-0.05, 0) is 0 Å². The maximum absolute atomic E-state index is 10.5. The van der Waals surface area contributed by atoms with E-state index in [1.165, 1.54) is 6.92 Å². The zero-order chi connectivity index (χ0) is 8.27. The first-order valence-corrected chi connectivity index (χ1v) is 3.37. The van der Waals surface area contributed by atoms with E-state index in [0.717, 1.165) is 0 Å². The number of hydrogen-bond acceptors (Lipinski definition) is 3. The van der Waals surface area contributed by atoms with Crippen LogP contribution in [0.3, 0.4) is 0 Å². The summed E-state index contributed by atoms with van der Waals surface area (Å²) in [6, 6.07) is 0. The summed E-state index contributed by atoms with van der Waals surface area (Å²) in [5.41, 5.74) is 0. The fourth-order valence-electron chi connectivity index (χ4n) is 0.803. The van der Waals surface area contributed by atoms with Crippen molar-refractivity contribution >= 4 is 12.0 Å². The van der Waals surface area contributed by atoms with E-state index >= 15 is 0 Å². The summed E-state index contributed by atoms with van der Waals surface area (Å²) in [7, 11) is 0. The van der Waals surface area contributed by atoms with Gasteiger partial charge in [-0.25, -0.2) is 4.79 Å². The average Bonchev–Trinajstić information content (AvgIpc) is 2.31. The summed E-state index contributed by atoms with van der Waals surface area (Å²) < 4.78 is 4.75. The Hall–Kier alpha value is -1.26. The highest BCUT2D eigenvalue weighted by atomic mass is 16.6. The molecule has 0 radical (unpaired) electrons. The number of rotatable bonds is 2. The van der Waals surface area contributed by atoms with Gasteiger partial charge in [0.1, 0.15) is 6.10 Å². The molecule has 1 aliphatic heterocycles. The monoisotopic (exact) mass is 158 g/mol. The van der Waals surface area contributed by atoms with Crippen molar-refractivity contribution in [2.45, 2.75) is 13.0 Å². The largest absolute Gasteiger partial charge is 0.442 e. The molecule has 0 aliphatic carbocycles. The van der Waals surface area contributed by atoms with Gasteiger partial charge in [-0.2, -0.15) is 0 Å². The van der Waals surface area contributed by atoms with Crippen LogP contribution in [0.5, 0.6) is 0 Å². The number of nitrogens with one attached hydrogen (secondary N) is 2. The predicted molar refractivity (Wildman–Crippen MR) is 37.0 cm³/mol. The van der Waals surface area contributed by atoms with Crippen LogP contribution in [-0.4, -0.2) is 31.2 Å². The molecule has 0 aromatic heterocycles. The molecule has 62 valence electrons. The van der Waals surface area contributed by atoms with Crippen LogP contribution in [0, 0.1) is 0 Å². The van der Waals surface area contributed by atoms with Crippen molar-refractivity contribution in [1.29, 1.82) is 0 Å². The van der Waals surface area contributed by atoms with Crippen molar-refractivity contribution in [2.24, 2.45) is 0 Å². The van der Waals surface area contributed by atoms with E-state index in [2.05, 4.69) is 10.6 Å². The molecule has 5 nitrogen and oxygen atoms in total. The summed E-state index contributed by atoms with van der Waals surface area (Å²) in [5.74, 6) is -0.118. The lowest BCUT2D eigenvalue weighted by Crippen LogP contribution is -2.32. The molecule has 0 saturated carbocycles. The van der Waals surface area contributed by atoms with E-state index in [-0.39, 0.29) is 12.0 Å². The molecule has 1 rings (SSSR count). The molecule has 1 unspecified atom stereocenters. The molecule has 0 bridgehead atoms. The van der Waals surface area contributed by atoms with Crippen LogP contribution < -0.4 is 10.6 Å². The van der Waals surface area contributed by atoms with Crippen LogP contribution in [0.2, 0.25) is 0 Å². The Morgan fingerprint density at radius 1 is 1.91 bits per heavy atom. The number of cyclic esters (lactones) is 1. The highest BCUT2D eigenvalue weighted by Crippen LogP contribution is 1.97. The summed E-state index contributed by atoms with van der Waals surface area (Å²) in [5, 5.41) is 5.03. The van der Waals surface area contributed by atoms with Gasteiger partial charge in [0.25, 0.3) is 0 Å². The van der Waals surface area contributed by atoms with Gasteiger partial charge in [-0.3, -0.25) is 4.79 Å². The second kappa shape index (κ2) is 3.23.